The zero-order chi connectivity index (χ0) is 14.2. The first-order valence-corrected chi connectivity index (χ1v) is 6.92. The Kier molecular flexibility index (Phi) is 3.71. The van der Waals surface area contributed by atoms with E-state index in [1.807, 2.05) is 25.3 Å². The summed E-state index contributed by atoms with van der Waals surface area (Å²) in [7, 11) is 0. The van der Waals surface area contributed by atoms with E-state index in [4.69, 9.17) is 0 Å². The van der Waals surface area contributed by atoms with Crippen molar-refractivity contribution in [2.24, 2.45) is 0 Å². The fourth-order valence-electron chi connectivity index (χ4n) is 1.98. The Bertz CT molecular complexity index is 582. The Hall–Kier alpha value is -1.30. The van der Waals surface area contributed by atoms with Gasteiger partial charge in [-0.25, -0.2) is 8.78 Å². The fourth-order valence-corrected chi connectivity index (χ4v) is 2.34. The first-order chi connectivity index (χ1) is 8.82. The largest absolute Gasteiger partial charge is 0.305 e. The van der Waals surface area contributed by atoms with Crippen molar-refractivity contribution in [3.05, 3.63) is 35.7 Å². The van der Waals surface area contributed by atoms with Crippen molar-refractivity contribution in [2.45, 2.75) is 31.6 Å². The smallest absolute Gasteiger partial charge is 0.164 e. The number of rotatable bonds is 2. The second-order valence-electron chi connectivity index (χ2n) is 5.24. The molecule has 0 unspecified atom stereocenters. The van der Waals surface area contributed by atoms with E-state index in [0.29, 0.717) is 22.5 Å². The van der Waals surface area contributed by atoms with E-state index in [1.165, 1.54) is 12.1 Å². The van der Waals surface area contributed by atoms with Crippen molar-refractivity contribution in [1.29, 1.82) is 0 Å². The Balaban J connectivity index is 2.66. The van der Waals surface area contributed by atoms with Crippen LogP contribution in [0.5, 0.6) is 0 Å². The summed E-state index contributed by atoms with van der Waals surface area (Å²) in [4.78, 5) is 0. The van der Waals surface area contributed by atoms with Crippen LogP contribution < -0.4 is 0 Å². The van der Waals surface area contributed by atoms with E-state index < -0.39 is 11.6 Å². The third kappa shape index (κ3) is 2.83. The molecule has 2 aromatic rings. The highest BCUT2D eigenvalue weighted by Crippen LogP contribution is 2.27. The maximum absolute atomic E-state index is 13.3. The fraction of sp³-hybridized carbons (Fsp3) is 0.385. The molecule has 0 aliphatic carbocycles. The van der Waals surface area contributed by atoms with Gasteiger partial charge in [0.2, 0.25) is 0 Å². The Morgan fingerprint density at radius 2 is 1.68 bits per heavy atom. The van der Waals surface area contributed by atoms with Crippen LogP contribution >= 0.6 is 15.9 Å². The molecule has 0 N–H and O–H groups in total. The summed E-state index contributed by atoms with van der Waals surface area (Å²) >= 11 is 3.34. The van der Waals surface area contributed by atoms with Crippen molar-refractivity contribution < 1.29 is 8.78 Å². The number of halogens is 3. The average molecular weight is 330 g/mol. The van der Waals surface area contributed by atoms with Gasteiger partial charge in [-0.05, 0) is 32.9 Å². The second kappa shape index (κ2) is 5.00. The normalized spacial score (nSPS) is 11.9. The van der Waals surface area contributed by atoms with Crippen molar-refractivity contribution in [1.82, 2.24) is 14.8 Å². The molecule has 0 saturated carbocycles. The molecule has 1 aromatic heterocycles. The Morgan fingerprint density at radius 1 is 1.11 bits per heavy atom. The standard InChI is InChI=1S/C13H14BrF2N3/c1-13(2,3)19-11(7-14)17-18-12(19)8-4-9(15)6-10(16)5-8/h4-6H,7H2,1-3H3. The van der Waals surface area contributed by atoms with Crippen molar-refractivity contribution in [2.75, 3.05) is 0 Å². The van der Waals surface area contributed by atoms with Gasteiger partial charge < -0.3 is 4.57 Å². The lowest BCUT2D eigenvalue weighted by Crippen LogP contribution is -2.24. The monoisotopic (exact) mass is 329 g/mol. The van der Waals surface area contributed by atoms with Gasteiger partial charge in [0, 0.05) is 17.2 Å². The van der Waals surface area contributed by atoms with Crippen LogP contribution in [0.15, 0.2) is 18.2 Å². The van der Waals surface area contributed by atoms with Crippen LogP contribution in [0.4, 0.5) is 8.78 Å². The number of nitrogens with zero attached hydrogens (tertiary/aromatic N) is 3. The van der Waals surface area contributed by atoms with Gasteiger partial charge in [-0.15, -0.1) is 10.2 Å². The zero-order valence-corrected chi connectivity index (χ0v) is 12.5. The molecule has 0 aliphatic rings. The maximum Gasteiger partial charge on any atom is 0.164 e. The molecule has 0 radical (unpaired) electrons. The van der Waals surface area contributed by atoms with Gasteiger partial charge >= 0.3 is 0 Å². The molecule has 0 atom stereocenters. The van der Waals surface area contributed by atoms with E-state index in [-0.39, 0.29) is 5.54 Å². The molecule has 0 aliphatic heterocycles. The minimum absolute atomic E-state index is 0.287. The molecule has 1 heterocycles. The molecule has 0 amide bonds. The minimum atomic E-state index is -0.626. The van der Waals surface area contributed by atoms with Gasteiger partial charge in [0.15, 0.2) is 5.82 Å². The first-order valence-electron chi connectivity index (χ1n) is 5.80. The number of aromatic nitrogens is 3. The molecule has 6 heteroatoms. The van der Waals surface area contributed by atoms with E-state index in [0.717, 1.165) is 6.07 Å². The van der Waals surface area contributed by atoms with Crippen LogP contribution in [-0.4, -0.2) is 14.8 Å². The predicted molar refractivity (Wildman–Crippen MR) is 73.0 cm³/mol. The number of hydrogen-bond acceptors (Lipinski definition) is 2. The molecule has 102 valence electrons. The number of benzene rings is 1. The van der Waals surface area contributed by atoms with Crippen LogP contribution in [0.2, 0.25) is 0 Å². The summed E-state index contributed by atoms with van der Waals surface area (Å²) in [6.07, 6.45) is 0. The lowest BCUT2D eigenvalue weighted by Gasteiger charge is -2.24. The molecule has 3 nitrogen and oxygen atoms in total. The highest BCUT2D eigenvalue weighted by Gasteiger charge is 2.23. The van der Waals surface area contributed by atoms with E-state index in [2.05, 4.69) is 26.1 Å². The highest BCUT2D eigenvalue weighted by atomic mass is 79.9. The Morgan fingerprint density at radius 3 is 2.16 bits per heavy atom. The number of hydrogen-bond donors (Lipinski definition) is 0. The molecule has 19 heavy (non-hydrogen) atoms. The molecule has 2 rings (SSSR count). The van der Waals surface area contributed by atoms with Crippen molar-refractivity contribution >= 4 is 15.9 Å². The summed E-state index contributed by atoms with van der Waals surface area (Å²) < 4.78 is 28.5. The summed E-state index contributed by atoms with van der Waals surface area (Å²) in [5.74, 6) is -0.0785. The highest BCUT2D eigenvalue weighted by molar-refractivity contribution is 9.08. The summed E-state index contributed by atoms with van der Waals surface area (Å²) in [6.45, 7) is 5.96. The average Bonchev–Trinajstić information content (AvgIpc) is 2.70. The molecule has 1 aromatic carbocycles. The van der Waals surface area contributed by atoms with E-state index in [9.17, 15) is 8.78 Å². The molecule has 0 spiro atoms. The zero-order valence-electron chi connectivity index (χ0n) is 10.9. The predicted octanol–water partition coefficient (Wildman–Crippen LogP) is 3.87. The van der Waals surface area contributed by atoms with E-state index >= 15 is 0 Å². The van der Waals surface area contributed by atoms with Crippen molar-refractivity contribution in [3.8, 4) is 11.4 Å². The summed E-state index contributed by atoms with van der Waals surface area (Å²) in [5.41, 5.74) is 0.0946. The number of alkyl halides is 1. The van der Waals surface area contributed by atoms with Crippen LogP contribution in [0.1, 0.15) is 26.6 Å². The van der Waals surface area contributed by atoms with E-state index in [1.54, 1.807) is 0 Å². The third-order valence-corrected chi connectivity index (χ3v) is 3.14. The quantitative estimate of drug-likeness (QED) is 0.783. The Labute approximate surface area is 118 Å². The lowest BCUT2D eigenvalue weighted by atomic mass is 10.1. The molecule has 0 saturated heterocycles. The maximum atomic E-state index is 13.3. The van der Waals surface area contributed by atoms with Gasteiger partial charge in [0.25, 0.3) is 0 Å². The van der Waals surface area contributed by atoms with Gasteiger partial charge in [-0.1, -0.05) is 15.9 Å². The lowest BCUT2D eigenvalue weighted by molar-refractivity contribution is 0.390. The van der Waals surface area contributed by atoms with Gasteiger partial charge in [0.05, 0.1) is 5.33 Å². The van der Waals surface area contributed by atoms with Crippen LogP contribution in [-0.2, 0) is 10.9 Å². The van der Waals surface area contributed by atoms with Crippen molar-refractivity contribution in [3.63, 3.8) is 0 Å². The van der Waals surface area contributed by atoms with Gasteiger partial charge in [0.1, 0.15) is 17.5 Å². The van der Waals surface area contributed by atoms with Gasteiger partial charge in [-0.3, -0.25) is 0 Å². The second-order valence-corrected chi connectivity index (χ2v) is 5.80. The summed E-state index contributed by atoms with van der Waals surface area (Å²) in [5, 5.41) is 8.64. The van der Waals surface area contributed by atoms with Crippen LogP contribution in [0.25, 0.3) is 11.4 Å². The molecule has 0 bridgehead atoms. The topological polar surface area (TPSA) is 30.7 Å². The van der Waals surface area contributed by atoms with Crippen LogP contribution in [0, 0.1) is 11.6 Å². The summed E-state index contributed by atoms with van der Waals surface area (Å²) in [6, 6.07) is 3.35. The SMILES string of the molecule is CC(C)(C)n1c(CBr)nnc1-c1cc(F)cc(F)c1. The third-order valence-electron chi connectivity index (χ3n) is 2.64. The molecule has 0 fully saturated rings. The first kappa shape index (κ1) is 14.1. The minimum Gasteiger partial charge on any atom is -0.305 e. The molecular weight excluding hydrogens is 316 g/mol. The van der Waals surface area contributed by atoms with Crippen LogP contribution in [0.3, 0.4) is 0 Å². The van der Waals surface area contributed by atoms with Gasteiger partial charge in [-0.2, -0.15) is 0 Å². The molecular formula is C13H14BrF2N3.